The van der Waals surface area contributed by atoms with Crippen LogP contribution >= 0.6 is 0 Å². The molecule has 0 N–H and O–H groups in total. The van der Waals surface area contributed by atoms with Crippen molar-refractivity contribution in [3.63, 3.8) is 0 Å². The van der Waals surface area contributed by atoms with Gasteiger partial charge in [-0.15, -0.1) is 0 Å². The van der Waals surface area contributed by atoms with Crippen LogP contribution in [0, 0.1) is 0 Å². The Kier molecular flexibility index (Phi) is 5.46. The normalized spacial score (nSPS) is 12.0. The van der Waals surface area contributed by atoms with Crippen LogP contribution < -0.4 is 0 Å². The molecule has 0 saturated heterocycles. The minimum absolute atomic E-state index is 0.384. The van der Waals surface area contributed by atoms with E-state index in [0.29, 0.717) is 6.17 Å². The molecular weight excluding hydrogens is 140 g/mol. The van der Waals surface area contributed by atoms with Gasteiger partial charge in [0.25, 0.3) is 0 Å². The van der Waals surface area contributed by atoms with Crippen LogP contribution in [0.4, 0.5) is 0 Å². The van der Waals surface area contributed by atoms with Crippen molar-refractivity contribution < 1.29 is 4.74 Å². The van der Waals surface area contributed by atoms with E-state index in [1.807, 2.05) is 6.92 Å². The fourth-order valence-electron chi connectivity index (χ4n) is 0.983. The van der Waals surface area contributed by atoms with Gasteiger partial charge in [0.05, 0.1) is 12.8 Å². The zero-order valence-electron chi connectivity index (χ0n) is 8.29. The molecule has 0 radical (unpaired) electrons. The predicted molar refractivity (Wildman–Crippen MR) is 47.7 cm³/mol. The number of hydrogen-bond donors (Lipinski definition) is 0. The van der Waals surface area contributed by atoms with Gasteiger partial charge < -0.3 is 4.74 Å². The summed E-state index contributed by atoms with van der Waals surface area (Å²) in [6.07, 6.45) is 0.384. The van der Waals surface area contributed by atoms with Crippen molar-refractivity contribution in [3.05, 3.63) is 0 Å². The van der Waals surface area contributed by atoms with Gasteiger partial charge in [-0.05, 0) is 35.1 Å². The summed E-state index contributed by atoms with van der Waals surface area (Å²) in [7, 11) is 8.24. The Hall–Kier alpha value is -0.120. The summed E-state index contributed by atoms with van der Waals surface area (Å²) < 4.78 is 5.33. The Labute approximate surface area is 69.9 Å². The summed E-state index contributed by atoms with van der Waals surface area (Å²) in [6.45, 7) is 3.58. The summed E-state index contributed by atoms with van der Waals surface area (Å²) in [6, 6.07) is 0. The lowest BCUT2D eigenvalue weighted by Crippen LogP contribution is -2.43. The van der Waals surface area contributed by atoms with E-state index in [1.165, 1.54) is 0 Å². The van der Waals surface area contributed by atoms with E-state index < -0.39 is 0 Å². The van der Waals surface area contributed by atoms with Gasteiger partial charge in [-0.2, -0.15) is 0 Å². The first kappa shape index (κ1) is 10.9. The highest BCUT2D eigenvalue weighted by Crippen LogP contribution is 1.97. The SMILES string of the molecule is CCOCC(N(C)C)N(C)C. The predicted octanol–water partition coefficient (Wildman–Crippen LogP) is 0.472. The van der Waals surface area contributed by atoms with Gasteiger partial charge in [0.2, 0.25) is 0 Å². The van der Waals surface area contributed by atoms with Crippen LogP contribution in [0.1, 0.15) is 6.92 Å². The van der Waals surface area contributed by atoms with Gasteiger partial charge in [-0.3, -0.25) is 9.80 Å². The Balaban J connectivity index is 3.70. The molecule has 0 aromatic carbocycles. The lowest BCUT2D eigenvalue weighted by atomic mass is 10.4. The van der Waals surface area contributed by atoms with Gasteiger partial charge in [-0.1, -0.05) is 0 Å². The zero-order valence-corrected chi connectivity index (χ0v) is 8.29. The molecule has 0 spiro atoms. The van der Waals surface area contributed by atoms with Gasteiger partial charge in [-0.25, -0.2) is 0 Å². The Morgan fingerprint density at radius 1 is 1.09 bits per heavy atom. The van der Waals surface area contributed by atoms with Crippen LogP contribution in [-0.4, -0.2) is 57.4 Å². The number of likely N-dealkylation sites (N-methyl/N-ethyl adjacent to an activating group) is 2. The van der Waals surface area contributed by atoms with Gasteiger partial charge in [0.1, 0.15) is 0 Å². The molecule has 0 atom stereocenters. The third-order valence-corrected chi connectivity index (χ3v) is 1.66. The molecule has 3 heteroatoms. The molecule has 0 aromatic rings. The largest absolute Gasteiger partial charge is 0.379 e. The number of rotatable bonds is 5. The summed E-state index contributed by atoms with van der Waals surface area (Å²) in [5.41, 5.74) is 0. The summed E-state index contributed by atoms with van der Waals surface area (Å²) in [5, 5.41) is 0. The van der Waals surface area contributed by atoms with E-state index in [0.717, 1.165) is 13.2 Å². The second kappa shape index (κ2) is 5.52. The second-order valence-corrected chi connectivity index (χ2v) is 3.07. The smallest absolute Gasteiger partial charge is 0.0853 e. The lowest BCUT2D eigenvalue weighted by Gasteiger charge is -2.29. The molecular formula is C8H20N2O. The number of ether oxygens (including phenoxy) is 1. The van der Waals surface area contributed by atoms with Crippen molar-refractivity contribution in [2.45, 2.75) is 13.1 Å². The van der Waals surface area contributed by atoms with Crippen LogP contribution in [0.5, 0.6) is 0 Å². The number of nitrogens with zero attached hydrogens (tertiary/aromatic N) is 2. The minimum atomic E-state index is 0.384. The first-order chi connectivity index (χ1) is 5.09. The van der Waals surface area contributed by atoms with Gasteiger partial charge >= 0.3 is 0 Å². The third kappa shape index (κ3) is 4.35. The van der Waals surface area contributed by atoms with E-state index in [9.17, 15) is 0 Å². The van der Waals surface area contributed by atoms with E-state index >= 15 is 0 Å². The van der Waals surface area contributed by atoms with Crippen LogP contribution in [0.3, 0.4) is 0 Å². The summed E-state index contributed by atoms with van der Waals surface area (Å²) in [5.74, 6) is 0. The highest BCUT2D eigenvalue weighted by Gasteiger charge is 2.12. The Bertz CT molecular complexity index is 86.1. The molecule has 0 saturated carbocycles. The Morgan fingerprint density at radius 3 is 1.82 bits per heavy atom. The fourth-order valence-corrected chi connectivity index (χ4v) is 0.983. The van der Waals surface area contributed by atoms with Crippen LogP contribution in [-0.2, 0) is 4.74 Å². The van der Waals surface area contributed by atoms with Crippen molar-refractivity contribution in [2.75, 3.05) is 41.4 Å². The van der Waals surface area contributed by atoms with E-state index in [4.69, 9.17) is 4.74 Å². The number of hydrogen-bond acceptors (Lipinski definition) is 3. The molecule has 68 valence electrons. The highest BCUT2D eigenvalue weighted by atomic mass is 16.5. The molecule has 0 amide bonds. The molecule has 0 rings (SSSR count). The van der Waals surface area contributed by atoms with Crippen molar-refractivity contribution in [3.8, 4) is 0 Å². The maximum atomic E-state index is 5.33. The van der Waals surface area contributed by atoms with Crippen molar-refractivity contribution in [1.29, 1.82) is 0 Å². The quantitative estimate of drug-likeness (QED) is 0.544. The fraction of sp³-hybridized carbons (Fsp3) is 1.00. The van der Waals surface area contributed by atoms with Crippen LogP contribution in [0.25, 0.3) is 0 Å². The molecule has 0 heterocycles. The average molecular weight is 160 g/mol. The minimum Gasteiger partial charge on any atom is -0.379 e. The lowest BCUT2D eigenvalue weighted by molar-refractivity contribution is 0.0226. The van der Waals surface area contributed by atoms with E-state index in [2.05, 4.69) is 38.0 Å². The molecule has 0 aliphatic heterocycles. The molecule has 0 unspecified atom stereocenters. The zero-order chi connectivity index (χ0) is 8.85. The topological polar surface area (TPSA) is 15.7 Å². The molecule has 0 aliphatic carbocycles. The van der Waals surface area contributed by atoms with E-state index in [-0.39, 0.29) is 0 Å². The monoisotopic (exact) mass is 160 g/mol. The maximum Gasteiger partial charge on any atom is 0.0853 e. The summed E-state index contributed by atoms with van der Waals surface area (Å²) >= 11 is 0. The molecule has 11 heavy (non-hydrogen) atoms. The molecule has 0 aromatic heterocycles. The van der Waals surface area contributed by atoms with Crippen molar-refractivity contribution in [2.24, 2.45) is 0 Å². The molecule has 3 nitrogen and oxygen atoms in total. The third-order valence-electron chi connectivity index (χ3n) is 1.66. The average Bonchev–Trinajstić information content (AvgIpc) is 1.87. The van der Waals surface area contributed by atoms with Gasteiger partial charge in [0, 0.05) is 6.61 Å². The van der Waals surface area contributed by atoms with E-state index in [1.54, 1.807) is 0 Å². The first-order valence-electron chi connectivity index (χ1n) is 4.00. The van der Waals surface area contributed by atoms with Crippen molar-refractivity contribution >= 4 is 0 Å². The maximum absolute atomic E-state index is 5.33. The van der Waals surface area contributed by atoms with Crippen molar-refractivity contribution in [1.82, 2.24) is 9.80 Å². The standard InChI is InChI=1S/C8H20N2O/c1-6-11-7-8(9(2)3)10(4)5/h8H,6-7H2,1-5H3. The highest BCUT2D eigenvalue weighted by molar-refractivity contribution is 4.60. The molecule has 0 bridgehead atoms. The molecule has 0 aliphatic rings. The summed E-state index contributed by atoms with van der Waals surface area (Å²) in [4.78, 5) is 4.30. The van der Waals surface area contributed by atoms with Gasteiger partial charge in [0.15, 0.2) is 0 Å². The first-order valence-corrected chi connectivity index (χ1v) is 4.00. The second-order valence-electron chi connectivity index (χ2n) is 3.07. The Morgan fingerprint density at radius 2 is 1.55 bits per heavy atom. The van der Waals surface area contributed by atoms with Crippen LogP contribution in [0.2, 0.25) is 0 Å². The van der Waals surface area contributed by atoms with Crippen LogP contribution in [0.15, 0.2) is 0 Å². The molecule has 0 fully saturated rings.